The number of halogens is 1. The van der Waals surface area contributed by atoms with Crippen molar-refractivity contribution in [2.45, 2.75) is 53.5 Å². The largest absolute Gasteiger partial charge is 0.466 e. The molecular weight excluding hydrogens is 361 g/mol. The molecule has 2 rings (SSSR count). The van der Waals surface area contributed by atoms with Crippen LogP contribution in [0.2, 0.25) is 0 Å². The molecule has 0 aliphatic rings. The van der Waals surface area contributed by atoms with E-state index in [4.69, 9.17) is 4.74 Å². The molecule has 0 aliphatic carbocycles. The lowest BCUT2D eigenvalue weighted by atomic mass is 9.89. The smallest absolute Gasteiger partial charge is 0.307 e. The van der Waals surface area contributed by atoms with E-state index in [-0.39, 0.29) is 18.2 Å². The van der Waals surface area contributed by atoms with Gasteiger partial charge in [-0.3, -0.25) is 9.52 Å². The molecule has 1 atom stereocenters. The molecule has 146 valence electrons. The molecule has 3 nitrogen and oxygen atoms in total. The zero-order valence-electron chi connectivity index (χ0n) is 16.6. The van der Waals surface area contributed by atoms with Gasteiger partial charge in [0.2, 0.25) is 0 Å². The summed E-state index contributed by atoms with van der Waals surface area (Å²) in [5.74, 6) is -0.672. The van der Waals surface area contributed by atoms with Gasteiger partial charge >= 0.3 is 5.97 Å². The molecule has 0 saturated carbocycles. The van der Waals surface area contributed by atoms with Gasteiger partial charge < -0.3 is 4.74 Å². The first-order valence-corrected chi connectivity index (χ1v) is 9.72. The van der Waals surface area contributed by atoms with Crippen LogP contribution < -0.4 is 4.72 Å². The molecular formula is C22H28FNO2S. The minimum absolute atomic E-state index is 0.0206. The highest BCUT2D eigenvalue weighted by Gasteiger charge is 2.22. The first kappa shape index (κ1) is 21.5. The van der Waals surface area contributed by atoms with Crippen molar-refractivity contribution in [1.29, 1.82) is 0 Å². The molecule has 0 heterocycles. The molecule has 2 aromatic carbocycles. The summed E-state index contributed by atoms with van der Waals surface area (Å²) in [5.41, 5.74) is 6.61. The summed E-state index contributed by atoms with van der Waals surface area (Å²) in [6.45, 7) is 10.2. The Labute approximate surface area is 166 Å². The average Bonchev–Trinajstić information content (AvgIpc) is 2.60. The van der Waals surface area contributed by atoms with Crippen molar-refractivity contribution in [3.8, 4) is 11.1 Å². The Morgan fingerprint density at radius 1 is 1.15 bits per heavy atom. The molecule has 1 N–H and O–H groups in total. The molecule has 5 heteroatoms. The van der Waals surface area contributed by atoms with Gasteiger partial charge in [-0.15, -0.1) is 0 Å². The number of ether oxygens (including phenoxy) is 1. The highest BCUT2D eigenvalue weighted by molar-refractivity contribution is 7.78. The van der Waals surface area contributed by atoms with Gasteiger partial charge in [-0.1, -0.05) is 37.4 Å². The highest BCUT2D eigenvalue weighted by Crippen LogP contribution is 2.34. The minimum atomic E-state index is -0.566. The lowest BCUT2D eigenvalue weighted by Gasteiger charge is -2.20. The average molecular weight is 390 g/mol. The van der Waals surface area contributed by atoms with Gasteiger partial charge in [-0.05, 0) is 74.1 Å². The van der Waals surface area contributed by atoms with Crippen LogP contribution in [-0.2, 0) is 16.0 Å². The van der Waals surface area contributed by atoms with Gasteiger partial charge in [0.1, 0.15) is 5.82 Å². The van der Waals surface area contributed by atoms with Gasteiger partial charge in [0.25, 0.3) is 0 Å². The number of nitrogens with one attached hydrogen (secondary N) is 1. The number of thiol groups is 1. The SMILES string of the molecule is CCOC(=O)CC(NS)c1cc(-c2c(C)cc(C)cc2C)cc(CC)c1F. The molecule has 0 aromatic heterocycles. The van der Waals surface area contributed by atoms with E-state index in [0.717, 1.165) is 22.3 Å². The van der Waals surface area contributed by atoms with Crippen LogP contribution in [0.25, 0.3) is 11.1 Å². The van der Waals surface area contributed by atoms with Crippen LogP contribution in [0, 0.1) is 26.6 Å². The second-order valence-corrected chi connectivity index (χ2v) is 7.11. The van der Waals surface area contributed by atoms with Crippen LogP contribution >= 0.6 is 12.8 Å². The zero-order chi connectivity index (χ0) is 20.1. The summed E-state index contributed by atoms with van der Waals surface area (Å²) in [6, 6.07) is 7.42. The predicted molar refractivity (Wildman–Crippen MR) is 112 cm³/mol. The van der Waals surface area contributed by atoms with Crippen molar-refractivity contribution in [2.24, 2.45) is 0 Å². The van der Waals surface area contributed by atoms with E-state index in [1.165, 1.54) is 5.56 Å². The predicted octanol–water partition coefficient (Wildman–Crippen LogP) is 5.41. The Morgan fingerprint density at radius 3 is 2.30 bits per heavy atom. The third kappa shape index (κ3) is 4.90. The second kappa shape index (κ2) is 9.38. The normalized spacial score (nSPS) is 12.1. The number of aryl methyl sites for hydroxylation is 4. The molecule has 0 amide bonds. The van der Waals surface area contributed by atoms with E-state index >= 15 is 4.39 Å². The zero-order valence-corrected chi connectivity index (χ0v) is 17.5. The number of hydrogen-bond donors (Lipinski definition) is 2. The molecule has 0 spiro atoms. The van der Waals surface area contributed by atoms with Crippen LogP contribution in [0.15, 0.2) is 24.3 Å². The first-order valence-electron chi connectivity index (χ1n) is 9.28. The van der Waals surface area contributed by atoms with E-state index in [2.05, 4.69) is 50.4 Å². The third-order valence-corrected chi connectivity index (χ3v) is 5.04. The Bertz CT molecular complexity index is 812. The maximum atomic E-state index is 15.1. The van der Waals surface area contributed by atoms with Crippen molar-refractivity contribution in [1.82, 2.24) is 4.72 Å². The van der Waals surface area contributed by atoms with E-state index in [0.29, 0.717) is 24.2 Å². The lowest BCUT2D eigenvalue weighted by molar-refractivity contribution is -0.143. The van der Waals surface area contributed by atoms with Crippen LogP contribution in [0.5, 0.6) is 0 Å². The summed E-state index contributed by atoms with van der Waals surface area (Å²) < 4.78 is 22.9. The Hall–Kier alpha value is -1.85. The minimum Gasteiger partial charge on any atom is -0.466 e. The second-order valence-electron chi connectivity index (χ2n) is 6.86. The first-order chi connectivity index (χ1) is 12.8. The van der Waals surface area contributed by atoms with Gasteiger partial charge in [-0.25, -0.2) is 4.39 Å². The Balaban J connectivity index is 2.60. The molecule has 0 fully saturated rings. The standard InChI is InChI=1S/C22H28FNO2S/c1-6-16-10-17(21-14(4)8-13(3)9-15(21)5)11-18(22(16)23)19(24-27)12-20(25)26-7-2/h8-11,19,24,27H,6-7,12H2,1-5H3. The summed E-state index contributed by atoms with van der Waals surface area (Å²) in [4.78, 5) is 11.9. The fourth-order valence-electron chi connectivity index (χ4n) is 3.61. The summed E-state index contributed by atoms with van der Waals surface area (Å²) in [7, 11) is 0. The van der Waals surface area contributed by atoms with Crippen LogP contribution in [0.1, 0.15) is 54.1 Å². The van der Waals surface area contributed by atoms with Gasteiger partial charge in [-0.2, -0.15) is 0 Å². The van der Waals surface area contributed by atoms with Crippen molar-refractivity contribution >= 4 is 18.8 Å². The number of carbonyl (C=O) groups excluding carboxylic acids is 1. The molecule has 0 bridgehead atoms. The number of benzene rings is 2. The number of rotatable bonds is 7. The molecule has 0 aliphatic heterocycles. The van der Waals surface area contributed by atoms with Crippen LogP contribution in [0.3, 0.4) is 0 Å². The van der Waals surface area contributed by atoms with Crippen molar-refractivity contribution in [3.05, 3.63) is 57.9 Å². The maximum Gasteiger partial charge on any atom is 0.307 e. The maximum absolute atomic E-state index is 15.1. The van der Waals surface area contributed by atoms with E-state index < -0.39 is 6.04 Å². The Morgan fingerprint density at radius 2 is 1.78 bits per heavy atom. The van der Waals surface area contributed by atoms with E-state index in [1.807, 2.05) is 19.1 Å². The van der Waals surface area contributed by atoms with Gasteiger partial charge in [0.15, 0.2) is 0 Å². The number of hydrogen-bond acceptors (Lipinski definition) is 4. The van der Waals surface area contributed by atoms with E-state index in [1.54, 1.807) is 6.92 Å². The van der Waals surface area contributed by atoms with E-state index in [9.17, 15) is 4.79 Å². The molecule has 1 unspecified atom stereocenters. The highest BCUT2D eigenvalue weighted by atomic mass is 32.1. The fourth-order valence-corrected chi connectivity index (χ4v) is 3.84. The van der Waals surface area contributed by atoms with Crippen LogP contribution in [0.4, 0.5) is 4.39 Å². The number of carbonyl (C=O) groups is 1. The summed E-state index contributed by atoms with van der Waals surface area (Å²) in [5, 5.41) is 0. The molecule has 2 aromatic rings. The monoisotopic (exact) mass is 389 g/mol. The molecule has 0 radical (unpaired) electrons. The van der Waals surface area contributed by atoms with Crippen molar-refractivity contribution < 1.29 is 13.9 Å². The summed E-state index contributed by atoms with van der Waals surface area (Å²) >= 11 is 4.13. The summed E-state index contributed by atoms with van der Waals surface area (Å²) in [6.07, 6.45) is 0.585. The number of esters is 1. The molecule has 27 heavy (non-hydrogen) atoms. The van der Waals surface area contributed by atoms with Crippen molar-refractivity contribution in [3.63, 3.8) is 0 Å². The Kier molecular flexibility index (Phi) is 7.45. The molecule has 0 saturated heterocycles. The van der Waals surface area contributed by atoms with Gasteiger partial charge in [0.05, 0.1) is 19.1 Å². The lowest BCUT2D eigenvalue weighted by Crippen LogP contribution is -2.20. The van der Waals surface area contributed by atoms with Crippen molar-refractivity contribution in [2.75, 3.05) is 6.61 Å². The van der Waals surface area contributed by atoms with Crippen LogP contribution in [-0.4, -0.2) is 12.6 Å². The third-order valence-electron chi connectivity index (χ3n) is 4.73. The van der Waals surface area contributed by atoms with Gasteiger partial charge in [0, 0.05) is 5.56 Å². The fraction of sp³-hybridized carbons (Fsp3) is 0.409. The quantitative estimate of drug-likeness (QED) is 0.491. The topological polar surface area (TPSA) is 38.3 Å².